The van der Waals surface area contributed by atoms with Gasteiger partial charge in [-0.15, -0.1) is 0 Å². The maximum absolute atomic E-state index is 11.9. The highest BCUT2D eigenvalue weighted by Crippen LogP contribution is 2.27. The molecule has 0 saturated heterocycles. The number of ether oxygens (including phenoxy) is 2. The molecular formula is C19H18ClN3O7. The molecule has 2 aromatic carbocycles. The normalized spacial score (nSPS) is 10.1. The van der Waals surface area contributed by atoms with Crippen LogP contribution in [0.3, 0.4) is 0 Å². The first-order valence-electron chi connectivity index (χ1n) is 8.62. The molecule has 2 rings (SSSR count). The second-order valence-electron chi connectivity index (χ2n) is 5.91. The van der Waals surface area contributed by atoms with Gasteiger partial charge in [0.1, 0.15) is 5.75 Å². The summed E-state index contributed by atoms with van der Waals surface area (Å²) >= 11 is 5.87. The van der Waals surface area contributed by atoms with Crippen molar-refractivity contribution in [2.75, 3.05) is 24.4 Å². The average molecular weight is 436 g/mol. The first-order valence-corrected chi connectivity index (χ1v) is 8.99. The van der Waals surface area contributed by atoms with Crippen LogP contribution in [0.4, 0.5) is 17.1 Å². The van der Waals surface area contributed by atoms with Crippen LogP contribution in [0.5, 0.6) is 5.75 Å². The smallest absolute Gasteiger partial charge is 0.306 e. The molecule has 0 unspecified atom stereocenters. The Morgan fingerprint density at radius 3 is 2.53 bits per heavy atom. The first kappa shape index (κ1) is 22.6. The van der Waals surface area contributed by atoms with E-state index in [1.54, 1.807) is 12.1 Å². The lowest BCUT2D eigenvalue weighted by molar-refractivity contribution is -0.384. The summed E-state index contributed by atoms with van der Waals surface area (Å²) in [5.41, 5.74) is 0.384. The van der Waals surface area contributed by atoms with Crippen molar-refractivity contribution in [2.24, 2.45) is 0 Å². The Morgan fingerprint density at radius 1 is 1.07 bits per heavy atom. The van der Waals surface area contributed by atoms with Crippen LogP contribution in [0, 0.1) is 10.1 Å². The van der Waals surface area contributed by atoms with Crippen molar-refractivity contribution in [3.8, 4) is 5.75 Å². The third-order valence-corrected chi connectivity index (χ3v) is 3.93. The lowest BCUT2D eigenvalue weighted by Gasteiger charge is -2.11. The molecule has 30 heavy (non-hydrogen) atoms. The van der Waals surface area contributed by atoms with E-state index in [4.69, 9.17) is 21.1 Å². The van der Waals surface area contributed by atoms with E-state index in [0.717, 1.165) is 0 Å². The van der Waals surface area contributed by atoms with E-state index >= 15 is 0 Å². The van der Waals surface area contributed by atoms with Crippen molar-refractivity contribution in [1.29, 1.82) is 0 Å². The molecule has 0 spiro atoms. The molecule has 0 aliphatic rings. The minimum atomic E-state index is -0.752. The molecule has 2 amide bonds. The zero-order chi connectivity index (χ0) is 22.1. The van der Waals surface area contributed by atoms with Crippen LogP contribution >= 0.6 is 11.6 Å². The summed E-state index contributed by atoms with van der Waals surface area (Å²) in [7, 11) is 1.43. The van der Waals surface area contributed by atoms with Crippen molar-refractivity contribution < 1.29 is 28.8 Å². The number of nitrogens with one attached hydrogen (secondary N) is 2. The van der Waals surface area contributed by atoms with Crippen molar-refractivity contribution in [2.45, 2.75) is 12.8 Å². The Hall–Kier alpha value is -3.66. The van der Waals surface area contributed by atoms with Gasteiger partial charge >= 0.3 is 5.97 Å². The number of carbonyl (C=O) groups excluding carboxylic acids is 3. The molecule has 0 aliphatic heterocycles. The van der Waals surface area contributed by atoms with Crippen LogP contribution in [0.25, 0.3) is 0 Å². The van der Waals surface area contributed by atoms with Gasteiger partial charge in [-0.05, 0) is 24.3 Å². The van der Waals surface area contributed by atoms with Crippen LogP contribution in [-0.2, 0) is 19.1 Å². The second-order valence-corrected chi connectivity index (χ2v) is 6.35. The number of esters is 1. The first-order chi connectivity index (χ1) is 14.3. The number of halogens is 1. The SMILES string of the molecule is COc1ccc(Cl)cc1NC(=O)COC(=O)CCC(=O)Nc1cccc([N+](=O)[O-])c1. The summed E-state index contributed by atoms with van der Waals surface area (Å²) < 4.78 is 9.93. The van der Waals surface area contributed by atoms with Crippen molar-refractivity contribution in [1.82, 2.24) is 0 Å². The monoisotopic (exact) mass is 435 g/mol. The molecule has 0 bridgehead atoms. The molecule has 158 valence electrons. The van der Waals surface area contributed by atoms with Crippen LogP contribution in [-0.4, -0.2) is 36.4 Å². The molecule has 0 saturated carbocycles. The van der Waals surface area contributed by atoms with Crippen molar-refractivity contribution >= 4 is 46.4 Å². The third-order valence-electron chi connectivity index (χ3n) is 3.70. The number of nitro groups is 1. The molecule has 0 aromatic heterocycles. The van der Waals surface area contributed by atoms with E-state index in [1.807, 2.05) is 0 Å². The Labute approximate surface area is 176 Å². The largest absolute Gasteiger partial charge is 0.495 e. The van der Waals surface area contributed by atoms with Crippen molar-refractivity contribution in [3.05, 3.63) is 57.6 Å². The summed E-state index contributed by atoms with van der Waals surface area (Å²) in [4.78, 5) is 45.7. The van der Waals surface area contributed by atoms with E-state index in [2.05, 4.69) is 10.6 Å². The molecule has 0 radical (unpaired) electrons. The average Bonchev–Trinajstić information content (AvgIpc) is 2.71. The highest BCUT2D eigenvalue weighted by Gasteiger charge is 2.13. The molecule has 2 aromatic rings. The number of hydrogen-bond donors (Lipinski definition) is 2. The van der Waals surface area contributed by atoms with Gasteiger partial charge in [0.05, 0.1) is 24.1 Å². The van der Waals surface area contributed by atoms with Crippen LogP contribution < -0.4 is 15.4 Å². The summed E-state index contributed by atoms with van der Waals surface area (Å²) in [5.74, 6) is -1.50. The Morgan fingerprint density at radius 2 is 1.83 bits per heavy atom. The summed E-state index contributed by atoms with van der Waals surface area (Å²) in [5, 5.41) is 16.1. The number of nitro benzene ring substituents is 1. The molecular weight excluding hydrogens is 418 g/mol. The maximum atomic E-state index is 11.9. The fraction of sp³-hybridized carbons (Fsp3) is 0.211. The van der Waals surface area contributed by atoms with E-state index in [1.165, 1.54) is 37.4 Å². The Balaban J connectivity index is 1.76. The lowest BCUT2D eigenvalue weighted by Crippen LogP contribution is -2.22. The van der Waals surface area contributed by atoms with Crippen molar-refractivity contribution in [3.63, 3.8) is 0 Å². The topological polar surface area (TPSA) is 137 Å². The molecule has 11 heteroatoms. The Kier molecular flexibility index (Phi) is 8.12. The second kappa shape index (κ2) is 10.8. The van der Waals surface area contributed by atoms with E-state index in [9.17, 15) is 24.5 Å². The predicted octanol–water partition coefficient (Wildman–Crippen LogP) is 3.16. The fourth-order valence-electron chi connectivity index (χ4n) is 2.32. The molecule has 0 atom stereocenters. The number of amides is 2. The molecule has 10 nitrogen and oxygen atoms in total. The number of anilines is 2. The lowest BCUT2D eigenvalue weighted by atomic mass is 10.2. The highest BCUT2D eigenvalue weighted by molar-refractivity contribution is 6.31. The molecule has 2 N–H and O–H groups in total. The van der Waals surface area contributed by atoms with Gasteiger partial charge in [0.2, 0.25) is 5.91 Å². The van der Waals surface area contributed by atoms with Gasteiger partial charge in [0.25, 0.3) is 11.6 Å². The third kappa shape index (κ3) is 7.06. The van der Waals surface area contributed by atoms with E-state index < -0.39 is 29.3 Å². The van der Waals surface area contributed by atoms with Crippen LogP contribution in [0.1, 0.15) is 12.8 Å². The summed E-state index contributed by atoms with van der Waals surface area (Å²) in [6.45, 7) is -0.555. The van der Waals surface area contributed by atoms with E-state index in [0.29, 0.717) is 16.5 Å². The molecule has 0 heterocycles. The molecule has 0 aliphatic carbocycles. The number of nitrogens with zero attached hydrogens (tertiary/aromatic N) is 1. The van der Waals surface area contributed by atoms with Gasteiger partial charge in [0.15, 0.2) is 6.61 Å². The standard InChI is InChI=1S/C19H18ClN3O7/c1-29-16-6-5-12(20)9-15(16)22-18(25)11-30-19(26)8-7-17(24)21-13-3-2-4-14(10-13)23(27)28/h2-6,9-10H,7-8,11H2,1H3,(H,21,24)(H,22,25). The predicted molar refractivity (Wildman–Crippen MR) is 109 cm³/mol. The van der Waals surface area contributed by atoms with Gasteiger partial charge in [-0.1, -0.05) is 17.7 Å². The number of rotatable bonds is 9. The van der Waals surface area contributed by atoms with Gasteiger partial charge in [0, 0.05) is 29.3 Å². The van der Waals surface area contributed by atoms with Gasteiger partial charge in [-0.2, -0.15) is 0 Å². The van der Waals surface area contributed by atoms with Gasteiger partial charge in [-0.25, -0.2) is 0 Å². The molecule has 0 fully saturated rings. The van der Waals surface area contributed by atoms with Gasteiger partial charge < -0.3 is 20.1 Å². The number of benzene rings is 2. The number of non-ortho nitro benzene ring substituents is 1. The van der Waals surface area contributed by atoms with E-state index in [-0.39, 0.29) is 24.2 Å². The fourth-order valence-corrected chi connectivity index (χ4v) is 2.49. The quantitative estimate of drug-likeness (QED) is 0.350. The number of hydrogen-bond acceptors (Lipinski definition) is 7. The zero-order valence-electron chi connectivity index (χ0n) is 15.8. The number of methoxy groups -OCH3 is 1. The summed E-state index contributed by atoms with van der Waals surface area (Å²) in [6.07, 6.45) is -0.486. The van der Waals surface area contributed by atoms with Crippen LogP contribution in [0.2, 0.25) is 5.02 Å². The Bertz CT molecular complexity index is 965. The maximum Gasteiger partial charge on any atom is 0.306 e. The van der Waals surface area contributed by atoms with Gasteiger partial charge in [-0.3, -0.25) is 24.5 Å². The number of carbonyl (C=O) groups is 3. The minimum Gasteiger partial charge on any atom is -0.495 e. The van der Waals surface area contributed by atoms with Crippen LogP contribution in [0.15, 0.2) is 42.5 Å². The summed E-state index contributed by atoms with van der Waals surface area (Å²) in [6, 6.07) is 10.0. The highest BCUT2D eigenvalue weighted by atomic mass is 35.5. The minimum absolute atomic E-state index is 0.172. The zero-order valence-corrected chi connectivity index (χ0v) is 16.6.